The molecule has 2 rings (SSSR count). The first-order valence-corrected chi connectivity index (χ1v) is 6.81. The molecule has 0 aliphatic carbocycles. The molecule has 0 aromatic heterocycles. The van der Waals surface area contributed by atoms with Crippen LogP contribution in [0.1, 0.15) is 31.2 Å². The summed E-state index contributed by atoms with van der Waals surface area (Å²) in [4.78, 5) is 0. The third-order valence-corrected chi connectivity index (χ3v) is 3.56. The predicted octanol–water partition coefficient (Wildman–Crippen LogP) is 2.70. The van der Waals surface area contributed by atoms with Crippen LogP contribution in [-0.4, -0.2) is 31.0 Å². The van der Waals surface area contributed by atoms with Crippen molar-refractivity contribution in [1.82, 2.24) is 0 Å². The van der Waals surface area contributed by atoms with Crippen molar-refractivity contribution in [3.8, 4) is 5.75 Å². The maximum atomic E-state index is 13.9. The summed E-state index contributed by atoms with van der Waals surface area (Å²) in [5.74, 6) is -0.148. The standard InChI is InChI=1S/C15H21FO3/c1-18-14-6-2-4-11(15(14)16)10-12(17)7-8-13-5-3-9-19-13/h2,4,6,12-13,17H,3,5,7-10H2,1H3. The van der Waals surface area contributed by atoms with Crippen LogP contribution >= 0.6 is 0 Å². The zero-order valence-electron chi connectivity index (χ0n) is 11.3. The lowest BCUT2D eigenvalue weighted by atomic mass is 10.0. The molecule has 1 aromatic carbocycles. The van der Waals surface area contributed by atoms with Crippen LogP contribution in [0.2, 0.25) is 0 Å². The van der Waals surface area contributed by atoms with Crippen molar-refractivity contribution in [1.29, 1.82) is 0 Å². The van der Waals surface area contributed by atoms with Gasteiger partial charge in [-0.2, -0.15) is 0 Å². The first-order chi connectivity index (χ1) is 9.20. The van der Waals surface area contributed by atoms with Gasteiger partial charge in [0, 0.05) is 13.0 Å². The number of ether oxygens (including phenoxy) is 2. The zero-order valence-corrected chi connectivity index (χ0v) is 11.3. The van der Waals surface area contributed by atoms with E-state index in [9.17, 15) is 9.50 Å². The van der Waals surface area contributed by atoms with Crippen LogP contribution in [0.5, 0.6) is 5.75 Å². The fraction of sp³-hybridized carbons (Fsp3) is 0.600. The predicted molar refractivity (Wildman–Crippen MR) is 70.9 cm³/mol. The summed E-state index contributed by atoms with van der Waals surface area (Å²) in [6.45, 7) is 0.825. The number of aliphatic hydroxyl groups excluding tert-OH is 1. The van der Waals surface area contributed by atoms with E-state index in [2.05, 4.69) is 0 Å². The zero-order chi connectivity index (χ0) is 13.7. The summed E-state index contributed by atoms with van der Waals surface area (Å²) in [5, 5.41) is 9.99. The van der Waals surface area contributed by atoms with Crippen molar-refractivity contribution >= 4 is 0 Å². The minimum atomic E-state index is -0.536. The van der Waals surface area contributed by atoms with E-state index >= 15 is 0 Å². The highest BCUT2D eigenvalue weighted by atomic mass is 19.1. The quantitative estimate of drug-likeness (QED) is 0.862. The Balaban J connectivity index is 1.85. The van der Waals surface area contributed by atoms with E-state index in [1.807, 2.05) is 0 Å². The minimum absolute atomic E-state index is 0.226. The summed E-state index contributed by atoms with van der Waals surface area (Å²) in [7, 11) is 1.44. The van der Waals surface area contributed by atoms with E-state index in [-0.39, 0.29) is 17.7 Å². The number of aliphatic hydroxyl groups is 1. The third kappa shape index (κ3) is 3.91. The van der Waals surface area contributed by atoms with E-state index in [4.69, 9.17) is 9.47 Å². The topological polar surface area (TPSA) is 38.7 Å². The second-order valence-corrected chi connectivity index (χ2v) is 5.00. The molecular weight excluding hydrogens is 247 g/mol. The smallest absolute Gasteiger partial charge is 0.168 e. The minimum Gasteiger partial charge on any atom is -0.494 e. The summed E-state index contributed by atoms with van der Waals surface area (Å²) in [5.41, 5.74) is 0.499. The molecule has 19 heavy (non-hydrogen) atoms. The van der Waals surface area contributed by atoms with Crippen LogP contribution in [0, 0.1) is 5.82 Å². The number of hydrogen-bond acceptors (Lipinski definition) is 3. The van der Waals surface area contributed by atoms with Crippen molar-refractivity contribution in [2.75, 3.05) is 13.7 Å². The molecule has 1 fully saturated rings. The Morgan fingerprint density at radius 3 is 3.05 bits per heavy atom. The first kappa shape index (κ1) is 14.3. The van der Waals surface area contributed by atoms with Crippen LogP contribution in [0.15, 0.2) is 18.2 Å². The second-order valence-electron chi connectivity index (χ2n) is 5.00. The summed E-state index contributed by atoms with van der Waals surface area (Å²) in [6, 6.07) is 5.01. The van der Waals surface area contributed by atoms with Crippen molar-refractivity contribution < 1.29 is 19.0 Å². The Hall–Kier alpha value is -1.13. The van der Waals surface area contributed by atoms with Gasteiger partial charge in [0.2, 0.25) is 0 Å². The molecule has 0 spiro atoms. The van der Waals surface area contributed by atoms with Gasteiger partial charge in [-0.25, -0.2) is 4.39 Å². The van der Waals surface area contributed by atoms with Gasteiger partial charge in [-0.3, -0.25) is 0 Å². The summed E-state index contributed by atoms with van der Waals surface area (Å²) < 4.78 is 24.4. The molecule has 1 aliphatic rings. The summed E-state index contributed by atoms with van der Waals surface area (Å²) in [6.07, 6.45) is 3.70. The number of rotatable bonds is 6. The second kappa shape index (κ2) is 6.87. The molecule has 2 unspecified atom stereocenters. The normalized spacial score (nSPS) is 20.5. The number of halogens is 1. The number of hydrogen-bond donors (Lipinski definition) is 1. The van der Waals surface area contributed by atoms with Gasteiger partial charge in [0.15, 0.2) is 11.6 Å². The largest absolute Gasteiger partial charge is 0.494 e. The van der Waals surface area contributed by atoms with Gasteiger partial charge in [0.05, 0.1) is 19.3 Å². The van der Waals surface area contributed by atoms with E-state index in [1.165, 1.54) is 7.11 Å². The highest BCUT2D eigenvalue weighted by Gasteiger charge is 2.18. The van der Waals surface area contributed by atoms with Crippen molar-refractivity contribution in [2.24, 2.45) is 0 Å². The van der Waals surface area contributed by atoms with E-state index < -0.39 is 6.10 Å². The molecule has 106 valence electrons. The molecule has 0 saturated carbocycles. The Bertz CT molecular complexity index is 402. The molecule has 0 amide bonds. The molecular formula is C15H21FO3. The Kier molecular flexibility index (Phi) is 5.16. The first-order valence-electron chi connectivity index (χ1n) is 6.81. The molecule has 3 nitrogen and oxygen atoms in total. The van der Waals surface area contributed by atoms with Gasteiger partial charge in [0.25, 0.3) is 0 Å². The lowest BCUT2D eigenvalue weighted by Crippen LogP contribution is -2.15. The van der Waals surface area contributed by atoms with Gasteiger partial charge >= 0.3 is 0 Å². The molecule has 2 atom stereocenters. The highest BCUT2D eigenvalue weighted by Crippen LogP contribution is 2.23. The maximum Gasteiger partial charge on any atom is 0.168 e. The van der Waals surface area contributed by atoms with Gasteiger partial charge in [-0.1, -0.05) is 12.1 Å². The van der Waals surface area contributed by atoms with Gasteiger partial charge in [-0.05, 0) is 37.3 Å². The molecule has 1 heterocycles. The summed E-state index contributed by atoms with van der Waals surface area (Å²) >= 11 is 0. The van der Waals surface area contributed by atoms with Crippen molar-refractivity contribution in [2.45, 2.75) is 44.3 Å². The van der Waals surface area contributed by atoms with Crippen LogP contribution in [-0.2, 0) is 11.2 Å². The lowest BCUT2D eigenvalue weighted by Gasteiger charge is -2.15. The van der Waals surface area contributed by atoms with E-state index in [0.717, 1.165) is 25.9 Å². The maximum absolute atomic E-state index is 13.9. The lowest BCUT2D eigenvalue weighted by molar-refractivity contribution is 0.0811. The van der Waals surface area contributed by atoms with Gasteiger partial charge < -0.3 is 14.6 Å². The third-order valence-electron chi connectivity index (χ3n) is 3.56. The monoisotopic (exact) mass is 268 g/mol. The molecule has 0 bridgehead atoms. The Morgan fingerprint density at radius 1 is 1.53 bits per heavy atom. The fourth-order valence-corrected chi connectivity index (χ4v) is 2.48. The fourth-order valence-electron chi connectivity index (χ4n) is 2.48. The molecule has 1 saturated heterocycles. The van der Waals surface area contributed by atoms with Crippen molar-refractivity contribution in [3.05, 3.63) is 29.6 Å². The molecule has 1 N–H and O–H groups in total. The van der Waals surface area contributed by atoms with Crippen LogP contribution < -0.4 is 4.74 Å². The molecule has 1 aliphatic heterocycles. The number of benzene rings is 1. The molecule has 1 aromatic rings. The average molecular weight is 268 g/mol. The van der Waals surface area contributed by atoms with Crippen LogP contribution in [0.4, 0.5) is 4.39 Å². The Morgan fingerprint density at radius 2 is 2.37 bits per heavy atom. The van der Waals surface area contributed by atoms with Crippen molar-refractivity contribution in [3.63, 3.8) is 0 Å². The highest BCUT2D eigenvalue weighted by molar-refractivity contribution is 5.31. The Labute approximate surface area is 113 Å². The van der Waals surface area contributed by atoms with Gasteiger partial charge in [-0.15, -0.1) is 0 Å². The SMILES string of the molecule is COc1cccc(CC(O)CCC2CCCO2)c1F. The van der Waals surface area contributed by atoms with Crippen LogP contribution in [0.25, 0.3) is 0 Å². The molecule has 0 radical (unpaired) electrons. The van der Waals surface area contributed by atoms with E-state index in [0.29, 0.717) is 18.4 Å². The van der Waals surface area contributed by atoms with Crippen LogP contribution in [0.3, 0.4) is 0 Å². The average Bonchev–Trinajstić information content (AvgIpc) is 2.92. The van der Waals surface area contributed by atoms with E-state index in [1.54, 1.807) is 18.2 Å². The van der Waals surface area contributed by atoms with Gasteiger partial charge in [0.1, 0.15) is 0 Å². The molecule has 4 heteroatoms. The number of methoxy groups -OCH3 is 1.